The summed E-state index contributed by atoms with van der Waals surface area (Å²) in [4.78, 5) is 0. The first-order valence-electron chi connectivity index (χ1n) is 6.34. The number of ether oxygens (including phenoxy) is 1. The summed E-state index contributed by atoms with van der Waals surface area (Å²) in [6.07, 6.45) is 2.82. The maximum absolute atomic E-state index is 6.16. The molecule has 1 aliphatic heterocycles. The molecule has 0 unspecified atom stereocenters. The molecule has 2 N–H and O–H groups in total. The van der Waals surface area contributed by atoms with E-state index < -0.39 is 0 Å². The van der Waals surface area contributed by atoms with E-state index in [0.29, 0.717) is 6.04 Å². The standard InChI is InChI=1S/C14H16BrN3O.CH4/c1-9-6-13(16)11(7-12(9)15)14-2-4-17-18(14)10-3-5-19-8-10;/h2,4,6-7,10H,3,5,8,16H2,1H3;1H4/t10-;/m1./s1. The number of anilines is 1. The molecule has 0 saturated carbocycles. The number of nitrogen functional groups attached to an aromatic ring is 1. The smallest absolute Gasteiger partial charge is 0.0781 e. The molecule has 1 aliphatic rings. The van der Waals surface area contributed by atoms with Gasteiger partial charge >= 0.3 is 0 Å². The monoisotopic (exact) mass is 337 g/mol. The molecule has 20 heavy (non-hydrogen) atoms. The molecule has 5 heteroatoms. The molecular weight excluding hydrogens is 318 g/mol. The van der Waals surface area contributed by atoms with Crippen molar-refractivity contribution in [1.82, 2.24) is 9.78 Å². The molecule has 0 spiro atoms. The number of hydrogen-bond acceptors (Lipinski definition) is 3. The van der Waals surface area contributed by atoms with Gasteiger partial charge in [-0.2, -0.15) is 5.10 Å². The van der Waals surface area contributed by atoms with Gasteiger partial charge in [0.25, 0.3) is 0 Å². The minimum atomic E-state index is 0. The lowest BCUT2D eigenvalue weighted by Gasteiger charge is -2.15. The van der Waals surface area contributed by atoms with Gasteiger partial charge in [0.2, 0.25) is 0 Å². The Morgan fingerprint density at radius 1 is 1.45 bits per heavy atom. The molecule has 1 aromatic heterocycles. The average Bonchev–Trinajstić information content (AvgIpc) is 3.03. The summed E-state index contributed by atoms with van der Waals surface area (Å²) in [6, 6.07) is 6.37. The maximum Gasteiger partial charge on any atom is 0.0781 e. The predicted octanol–water partition coefficient (Wildman–Crippen LogP) is 3.80. The van der Waals surface area contributed by atoms with Crippen molar-refractivity contribution in [3.05, 3.63) is 34.4 Å². The summed E-state index contributed by atoms with van der Waals surface area (Å²) in [5.74, 6) is 0. The van der Waals surface area contributed by atoms with Gasteiger partial charge in [0.05, 0.1) is 18.3 Å². The quantitative estimate of drug-likeness (QED) is 0.848. The van der Waals surface area contributed by atoms with Gasteiger partial charge in [-0.05, 0) is 37.1 Å². The third kappa shape index (κ3) is 2.60. The Labute approximate surface area is 128 Å². The normalized spacial score (nSPS) is 18.0. The van der Waals surface area contributed by atoms with Gasteiger partial charge in [0.1, 0.15) is 0 Å². The topological polar surface area (TPSA) is 53.1 Å². The van der Waals surface area contributed by atoms with Crippen molar-refractivity contribution >= 4 is 21.6 Å². The Morgan fingerprint density at radius 3 is 2.95 bits per heavy atom. The first kappa shape index (κ1) is 15.1. The van der Waals surface area contributed by atoms with Crippen LogP contribution in [0.2, 0.25) is 0 Å². The lowest BCUT2D eigenvalue weighted by molar-refractivity contribution is 0.185. The zero-order valence-electron chi connectivity index (χ0n) is 10.8. The molecule has 0 bridgehead atoms. The Balaban J connectivity index is 0.00000147. The van der Waals surface area contributed by atoms with E-state index >= 15 is 0 Å². The maximum atomic E-state index is 6.16. The molecule has 0 amide bonds. The molecule has 1 aromatic carbocycles. The van der Waals surface area contributed by atoms with Crippen LogP contribution in [0.4, 0.5) is 5.69 Å². The predicted molar refractivity (Wildman–Crippen MR) is 85.7 cm³/mol. The zero-order valence-corrected chi connectivity index (χ0v) is 12.4. The fourth-order valence-electron chi connectivity index (χ4n) is 2.46. The number of rotatable bonds is 2. The number of benzene rings is 1. The molecule has 2 aromatic rings. The Hall–Kier alpha value is -1.33. The number of halogens is 1. The second kappa shape index (κ2) is 5.97. The van der Waals surface area contributed by atoms with Gasteiger partial charge < -0.3 is 10.5 Å². The van der Waals surface area contributed by atoms with E-state index in [0.717, 1.165) is 46.6 Å². The van der Waals surface area contributed by atoms with E-state index in [1.165, 1.54) is 0 Å². The molecule has 3 rings (SSSR count). The molecule has 4 nitrogen and oxygen atoms in total. The summed E-state index contributed by atoms with van der Waals surface area (Å²) >= 11 is 3.56. The van der Waals surface area contributed by atoms with E-state index in [9.17, 15) is 0 Å². The van der Waals surface area contributed by atoms with Crippen molar-refractivity contribution in [1.29, 1.82) is 0 Å². The van der Waals surface area contributed by atoms with Crippen molar-refractivity contribution in [2.75, 3.05) is 18.9 Å². The highest BCUT2D eigenvalue weighted by Crippen LogP contribution is 2.33. The largest absolute Gasteiger partial charge is 0.398 e. The summed E-state index contributed by atoms with van der Waals surface area (Å²) < 4.78 is 8.53. The summed E-state index contributed by atoms with van der Waals surface area (Å²) in [7, 11) is 0. The first-order chi connectivity index (χ1) is 9.16. The van der Waals surface area contributed by atoms with Gasteiger partial charge in [-0.3, -0.25) is 4.68 Å². The summed E-state index contributed by atoms with van der Waals surface area (Å²) in [5, 5.41) is 4.43. The molecule has 2 heterocycles. The molecular formula is C15H20BrN3O. The van der Waals surface area contributed by atoms with Crippen LogP contribution < -0.4 is 5.73 Å². The third-order valence-corrected chi connectivity index (χ3v) is 4.38. The second-order valence-corrected chi connectivity index (χ2v) is 5.72. The molecule has 1 atom stereocenters. The number of hydrogen-bond donors (Lipinski definition) is 1. The molecule has 1 saturated heterocycles. The van der Waals surface area contributed by atoms with Crippen LogP contribution in [0.15, 0.2) is 28.9 Å². The van der Waals surface area contributed by atoms with Crippen LogP contribution >= 0.6 is 15.9 Å². The van der Waals surface area contributed by atoms with Crippen LogP contribution in [0.5, 0.6) is 0 Å². The lowest BCUT2D eigenvalue weighted by Crippen LogP contribution is -2.12. The molecule has 108 valence electrons. The van der Waals surface area contributed by atoms with Crippen molar-refractivity contribution in [3.63, 3.8) is 0 Å². The average molecular weight is 338 g/mol. The van der Waals surface area contributed by atoms with Gasteiger partial charge in [0.15, 0.2) is 0 Å². The van der Waals surface area contributed by atoms with Gasteiger partial charge in [-0.25, -0.2) is 0 Å². The van der Waals surface area contributed by atoms with Crippen LogP contribution in [0.25, 0.3) is 11.3 Å². The zero-order chi connectivity index (χ0) is 13.4. The number of nitrogens with two attached hydrogens (primary N) is 1. The lowest BCUT2D eigenvalue weighted by atomic mass is 10.1. The number of aromatic nitrogens is 2. The minimum Gasteiger partial charge on any atom is -0.398 e. The van der Waals surface area contributed by atoms with E-state index in [-0.39, 0.29) is 7.43 Å². The Morgan fingerprint density at radius 2 is 2.25 bits per heavy atom. The fourth-order valence-corrected chi connectivity index (χ4v) is 2.80. The Bertz CT molecular complexity index is 603. The molecule has 1 fully saturated rings. The molecule has 0 aliphatic carbocycles. The van der Waals surface area contributed by atoms with E-state index in [4.69, 9.17) is 10.5 Å². The highest BCUT2D eigenvalue weighted by molar-refractivity contribution is 9.10. The van der Waals surface area contributed by atoms with Crippen LogP contribution in [0, 0.1) is 6.92 Å². The van der Waals surface area contributed by atoms with Crippen LogP contribution in [-0.4, -0.2) is 23.0 Å². The van der Waals surface area contributed by atoms with Crippen LogP contribution in [-0.2, 0) is 4.74 Å². The van der Waals surface area contributed by atoms with E-state index in [1.807, 2.05) is 29.9 Å². The van der Waals surface area contributed by atoms with Crippen molar-refractivity contribution in [2.45, 2.75) is 26.8 Å². The third-order valence-electron chi connectivity index (χ3n) is 3.53. The second-order valence-electron chi connectivity index (χ2n) is 4.87. The van der Waals surface area contributed by atoms with E-state index in [2.05, 4.69) is 27.1 Å². The fraction of sp³-hybridized carbons (Fsp3) is 0.400. The number of nitrogens with zero attached hydrogens (tertiary/aromatic N) is 2. The van der Waals surface area contributed by atoms with Gasteiger partial charge in [-0.1, -0.05) is 23.4 Å². The van der Waals surface area contributed by atoms with Crippen LogP contribution in [0.3, 0.4) is 0 Å². The van der Waals surface area contributed by atoms with Crippen molar-refractivity contribution < 1.29 is 4.74 Å². The summed E-state index contributed by atoms with van der Waals surface area (Å²) in [6.45, 7) is 3.56. The Kier molecular flexibility index (Phi) is 4.50. The summed E-state index contributed by atoms with van der Waals surface area (Å²) in [5.41, 5.74) is 10.1. The van der Waals surface area contributed by atoms with Crippen molar-refractivity contribution in [2.24, 2.45) is 0 Å². The molecule has 0 radical (unpaired) electrons. The van der Waals surface area contributed by atoms with Crippen LogP contribution in [0.1, 0.15) is 25.5 Å². The minimum absolute atomic E-state index is 0. The highest BCUT2D eigenvalue weighted by atomic mass is 79.9. The van der Waals surface area contributed by atoms with Gasteiger partial charge in [-0.15, -0.1) is 0 Å². The highest BCUT2D eigenvalue weighted by Gasteiger charge is 2.22. The van der Waals surface area contributed by atoms with E-state index in [1.54, 1.807) is 0 Å². The van der Waals surface area contributed by atoms with Gasteiger partial charge in [0, 0.05) is 28.5 Å². The first-order valence-corrected chi connectivity index (χ1v) is 7.13. The SMILES string of the molecule is C.Cc1cc(N)c(-c2ccnn2[C@@H]2CCOC2)cc1Br. The number of aryl methyl sites for hydroxylation is 1. The van der Waals surface area contributed by atoms with Crippen molar-refractivity contribution in [3.8, 4) is 11.3 Å².